The van der Waals surface area contributed by atoms with E-state index in [4.69, 9.17) is 0 Å². The normalized spacial score (nSPS) is 24.0. The van der Waals surface area contributed by atoms with Crippen molar-refractivity contribution in [2.75, 3.05) is 12.8 Å². The van der Waals surface area contributed by atoms with E-state index in [0.717, 1.165) is 32.2 Å². The summed E-state index contributed by atoms with van der Waals surface area (Å²) in [5.74, 6) is 0. The molecule has 1 saturated carbocycles. The third-order valence-electron chi connectivity index (χ3n) is 4.62. The Hall–Kier alpha value is -0.870. The Morgan fingerprint density at radius 3 is 2.48 bits per heavy atom. The quantitative estimate of drug-likeness (QED) is 0.909. The molecular weight excluding hydrogens is 282 g/mol. The smallest absolute Gasteiger partial charge is 0.150 e. The van der Waals surface area contributed by atoms with Crippen LogP contribution in [0.2, 0.25) is 0 Å². The molecule has 0 aromatic heterocycles. The van der Waals surface area contributed by atoms with Crippen LogP contribution >= 0.6 is 0 Å². The van der Waals surface area contributed by atoms with Crippen LogP contribution in [0.15, 0.2) is 30.3 Å². The van der Waals surface area contributed by atoms with E-state index in [1.54, 1.807) is 0 Å². The fourth-order valence-electron chi connectivity index (χ4n) is 3.11. The zero-order valence-electron chi connectivity index (χ0n) is 13.3. The number of nitrogens with one attached hydrogen (secondary N) is 1. The molecule has 1 aromatic rings. The molecule has 0 saturated heterocycles. The number of sulfone groups is 1. The van der Waals surface area contributed by atoms with Crippen LogP contribution in [-0.4, -0.2) is 32.5 Å². The van der Waals surface area contributed by atoms with Crippen molar-refractivity contribution in [3.8, 4) is 0 Å². The summed E-state index contributed by atoms with van der Waals surface area (Å²) in [6.07, 6.45) is 5.02. The minimum atomic E-state index is -2.90. The van der Waals surface area contributed by atoms with Gasteiger partial charge in [-0.3, -0.25) is 0 Å². The first-order valence-electron chi connectivity index (χ1n) is 7.77. The number of rotatable bonds is 5. The van der Waals surface area contributed by atoms with E-state index >= 15 is 0 Å². The summed E-state index contributed by atoms with van der Waals surface area (Å²) in [6, 6.07) is 10.8. The highest BCUT2D eigenvalue weighted by Gasteiger charge is 2.30. The summed E-state index contributed by atoms with van der Waals surface area (Å²) in [5.41, 5.74) is 1.37. The predicted octanol–water partition coefficient (Wildman–Crippen LogP) is 2.91. The second-order valence-electron chi connectivity index (χ2n) is 6.95. The van der Waals surface area contributed by atoms with Gasteiger partial charge in [-0.05, 0) is 24.8 Å². The SMILES string of the molecule is CC(C)(CNC1CCCC(S(C)(=O)=O)C1)c1ccccc1. The Kier molecular flexibility index (Phi) is 5.10. The molecular formula is C17H27NO2S. The minimum absolute atomic E-state index is 0.0549. The minimum Gasteiger partial charge on any atom is -0.313 e. The summed E-state index contributed by atoms with van der Waals surface area (Å²) >= 11 is 0. The van der Waals surface area contributed by atoms with Gasteiger partial charge in [-0.1, -0.05) is 50.6 Å². The van der Waals surface area contributed by atoms with E-state index < -0.39 is 9.84 Å². The van der Waals surface area contributed by atoms with Gasteiger partial charge in [-0.15, -0.1) is 0 Å². The first-order valence-corrected chi connectivity index (χ1v) is 9.72. The van der Waals surface area contributed by atoms with E-state index in [0.29, 0.717) is 6.04 Å². The Bertz CT molecular complexity index is 551. The Morgan fingerprint density at radius 1 is 1.19 bits per heavy atom. The molecule has 2 unspecified atom stereocenters. The molecule has 0 amide bonds. The Morgan fingerprint density at radius 2 is 1.86 bits per heavy atom. The van der Waals surface area contributed by atoms with Gasteiger partial charge in [0.2, 0.25) is 0 Å². The number of benzene rings is 1. The van der Waals surface area contributed by atoms with Crippen LogP contribution in [-0.2, 0) is 15.3 Å². The zero-order chi connectivity index (χ0) is 15.5. The van der Waals surface area contributed by atoms with Gasteiger partial charge in [0.05, 0.1) is 5.25 Å². The van der Waals surface area contributed by atoms with Gasteiger partial charge in [-0.25, -0.2) is 8.42 Å². The van der Waals surface area contributed by atoms with Crippen molar-refractivity contribution in [1.82, 2.24) is 5.32 Å². The molecule has 0 bridgehead atoms. The third kappa shape index (κ3) is 4.55. The van der Waals surface area contributed by atoms with Crippen molar-refractivity contribution < 1.29 is 8.42 Å². The summed E-state index contributed by atoms with van der Waals surface area (Å²) in [4.78, 5) is 0. The molecule has 1 aliphatic rings. The highest BCUT2D eigenvalue weighted by molar-refractivity contribution is 7.91. The summed E-state index contributed by atoms with van der Waals surface area (Å²) < 4.78 is 23.5. The van der Waals surface area contributed by atoms with Crippen molar-refractivity contribution in [3.05, 3.63) is 35.9 Å². The van der Waals surface area contributed by atoms with E-state index in [9.17, 15) is 8.42 Å². The van der Waals surface area contributed by atoms with Crippen LogP contribution in [0.5, 0.6) is 0 Å². The van der Waals surface area contributed by atoms with Crippen LogP contribution in [0, 0.1) is 0 Å². The molecule has 1 aliphatic carbocycles. The predicted molar refractivity (Wildman–Crippen MR) is 88.4 cm³/mol. The van der Waals surface area contributed by atoms with Crippen molar-refractivity contribution in [2.45, 2.75) is 56.2 Å². The van der Waals surface area contributed by atoms with Gasteiger partial charge in [0.25, 0.3) is 0 Å². The highest BCUT2D eigenvalue weighted by atomic mass is 32.2. The van der Waals surface area contributed by atoms with E-state index in [1.165, 1.54) is 11.8 Å². The molecule has 2 atom stereocenters. The summed E-state index contributed by atoms with van der Waals surface area (Å²) in [7, 11) is -2.90. The van der Waals surface area contributed by atoms with Crippen molar-refractivity contribution >= 4 is 9.84 Å². The topological polar surface area (TPSA) is 46.2 Å². The fraction of sp³-hybridized carbons (Fsp3) is 0.647. The molecule has 2 rings (SSSR count). The average molecular weight is 309 g/mol. The molecule has 0 spiro atoms. The van der Waals surface area contributed by atoms with E-state index in [2.05, 4.69) is 43.4 Å². The molecule has 4 heteroatoms. The maximum Gasteiger partial charge on any atom is 0.150 e. The first kappa shape index (κ1) is 16.5. The molecule has 3 nitrogen and oxygen atoms in total. The number of hydrogen-bond donors (Lipinski definition) is 1. The van der Waals surface area contributed by atoms with Crippen LogP contribution < -0.4 is 5.32 Å². The van der Waals surface area contributed by atoms with E-state index in [-0.39, 0.29) is 10.7 Å². The average Bonchev–Trinajstić information content (AvgIpc) is 2.46. The van der Waals surface area contributed by atoms with Crippen molar-refractivity contribution in [3.63, 3.8) is 0 Å². The lowest BCUT2D eigenvalue weighted by Crippen LogP contribution is -2.43. The largest absolute Gasteiger partial charge is 0.313 e. The molecule has 118 valence electrons. The third-order valence-corrected chi connectivity index (χ3v) is 6.26. The van der Waals surface area contributed by atoms with Gasteiger partial charge >= 0.3 is 0 Å². The zero-order valence-corrected chi connectivity index (χ0v) is 14.1. The summed E-state index contributed by atoms with van der Waals surface area (Å²) in [5, 5.41) is 3.43. The lowest BCUT2D eigenvalue weighted by molar-refractivity contribution is 0.341. The van der Waals surface area contributed by atoms with Gasteiger partial charge in [0.15, 0.2) is 0 Å². The molecule has 0 radical (unpaired) electrons. The molecule has 1 fully saturated rings. The Balaban J connectivity index is 1.93. The number of hydrogen-bond acceptors (Lipinski definition) is 3. The maximum absolute atomic E-state index is 11.7. The lowest BCUT2D eigenvalue weighted by Gasteiger charge is -2.33. The Labute approximate surface area is 129 Å². The van der Waals surface area contributed by atoms with Gasteiger partial charge in [-0.2, -0.15) is 0 Å². The second-order valence-corrected chi connectivity index (χ2v) is 9.27. The molecule has 21 heavy (non-hydrogen) atoms. The molecule has 1 aromatic carbocycles. The van der Waals surface area contributed by atoms with Crippen LogP contribution in [0.3, 0.4) is 0 Å². The van der Waals surface area contributed by atoms with Crippen LogP contribution in [0.1, 0.15) is 45.1 Å². The molecule has 0 heterocycles. The van der Waals surface area contributed by atoms with Crippen LogP contribution in [0.4, 0.5) is 0 Å². The molecule has 0 aliphatic heterocycles. The maximum atomic E-state index is 11.7. The first-order chi connectivity index (χ1) is 9.79. The van der Waals surface area contributed by atoms with Gasteiger partial charge in [0, 0.05) is 24.3 Å². The van der Waals surface area contributed by atoms with Gasteiger partial charge < -0.3 is 5.32 Å². The van der Waals surface area contributed by atoms with E-state index in [1.807, 2.05) is 6.07 Å². The highest BCUT2D eigenvalue weighted by Crippen LogP contribution is 2.26. The van der Waals surface area contributed by atoms with Crippen molar-refractivity contribution in [2.24, 2.45) is 0 Å². The second kappa shape index (κ2) is 6.49. The van der Waals surface area contributed by atoms with Crippen molar-refractivity contribution in [1.29, 1.82) is 0 Å². The molecule has 1 N–H and O–H groups in total. The summed E-state index contributed by atoms with van der Waals surface area (Å²) in [6.45, 7) is 5.33. The van der Waals surface area contributed by atoms with Crippen LogP contribution in [0.25, 0.3) is 0 Å². The lowest BCUT2D eigenvalue weighted by atomic mass is 9.84. The monoisotopic (exact) mass is 309 g/mol. The standard InChI is InChI=1S/C17H27NO2S/c1-17(2,14-8-5-4-6-9-14)13-18-15-10-7-11-16(12-15)21(3,19)20/h4-6,8-9,15-16,18H,7,10-13H2,1-3H3. The van der Waals surface area contributed by atoms with Gasteiger partial charge in [0.1, 0.15) is 9.84 Å². The fourth-order valence-corrected chi connectivity index (χ4v) is 4.29.